The first kappa shape index (κ1) is 17.6. The van der Waals surface area contributed by atoms with Crippen molar-refractivity contribution < 1.29 is 4.74 Å². The van der Waals surface area contributed by atoms with Crippen LogP contribution in [0.1, 0.15) is 47.1 Å². The summed E-state index contributed by atoms with van der Waals surface area (Å²) in [4.78, 5) is 3.51. The molecular weight excluding hydrogens is 306 g/mol. The van der Waals surface area contributed by atoms with Gasteiger partial charge in [-0.05, 0) is 68.0 Å². The van der Waals surface area contributed by atoms with Crippen molar-refractivity contribution >= 4 is 10.9 Å². The van der Waals surface area contributed by atoms with Crippen molar-refractivity contribution in [1.82, 2.24) is 4.98 Å². The summed E-state index contributed by atoms with van der Waals surface area (Å²) in [5, 5.41) is 1.18. The summed E-state index contributed by atoms with van der Waals surface area (Å²) in [6.45, 7) is 13.0. The summed E-state index contributed by atoms with van der Waals surface area (Å²) in [6, 6.07) is 17.3. The van der Waals surface area contributed by atoms with Gasteiger partial charge in [0, 0.05) is 16.6 Å². The minimum atomic E-state index is -0.185. The van der Waals surface area contributed by atoms with Gasteiger partial charge in [0.25, 0.3) is 0 Å². The summed E-state index contributed by atoms with van der Waals surface area (Å²) in [7, 11) is 0. The SMILES string of the molecule is CC(C)(C)Cc1ccc(-c2cc3cc(OC(C)(C)C)ccc3[nH]2)cc1. The first-order valence-electron chi connectivity index (χ1n) is 9.00. The summed E-state index contributed by atoms with van der Waals surface area (Å²) < 4.78 is 5.97. The molecule has 0 saturated heterocycles. The second-order valence-electron chi connectivity index (χ2n) is 9.08. The van der Waals surface area contributed by atoms with Crippen LogP contribution < -0.4 is 4.74 Å². The van der Waals surface area contributed by atoms with E-state index in [9.17, 15) is 0 Å². The molecule has 3 rings (SSSR count). The van der Waals surface area contributed by atoms with Gasteiger partial charge in [0.05, 0.1) is 0 Å². The first-order valence-corrected chi connectivity index (χ1v) is 9.00. The van der Waals surface area contributed by atoms with Gasteiger partial charge >= 0.3 is 0 Å². The molecule has 0 aliphatic heterocycles. The molecule has 0 aliphatic rings. The monoisotopic (exact) mass is 335 g/mol. The van der Waals surface area contributed by atoms with Gasteiger partial charge in [-0.1, -0.05) is 45.0 Å². The van der Waals surface area contributed by atoms with Crippen LogP contribution in [0.2, 0.25) is 0 Å². The second kappa shape index (κ2) is 6.25. The third kappa shape index (κ3) is 4.66. The maximum Gasteiger partial charge on any atom is 0.120 e. The van der Waals surface area contributed by atoms with E-state index in [1.165, 1.54) is 16.5 Å². The standard InChI is InChI=1S/C23H29NO/c1-22(2,3)15-16-7-9-17(10-8-16)21-14-18-13-19(25-23(4,5)6)11-12-20(18)24-21/h7-14,24H,15H2,1-6H3. The Bertz CT molecular complexity index is 858. The molecule has 0 aliphatic carbocycles. The van der Waals surface area contributed by atoms with Crippen LogP contribution >= 0.6 is 0 Å². The van der Waals surface area contributed by atoms with Crippen LogP contribution in [-0.2, 0) is 6.42 Å². The maximum absolute atomic E-state index is 5.97. The van der Waals surface area contributed by atoms with E-state index in [0.717, 1.165) is 23.4 Å². The summed E-state index contributed by atoms with van der Waals surface area (Å²) in [5.74, 6) is 0.908. The summed E-state index contributed by atoms with van der Waals surface area (Å²) in [5.41, 5.74) is 5.00. The molecule has 0 bridgehead atoms. The van der Waals surface area contributed by atoms with E-state index in [4.69, 9.17) is 4.74 Å². The highest BCUT2D eigenvalue weighted by Gasteiger charge is 2.13. The van der Waals surface area contributed by atoms with Crippen molar-refractivity contribution in [2.45, 2.75) is 53.6 Å². The average Bonchev–Trinajstić information content (AvgIpc) is 2.87. The first-order chi connectivity index (χ1) is 11.6. The van der Waals surface area contributed by atoms with Crippen LogP contribution in [0.25, 0.3) is 22.2 Å². The normalized spacial score (nSPS) is 12.6. The van der Waals surface area contributed by atoms with Crippen molar-refractivity contribution in [3.8, 4) is 17.0 Å². The molecule has 0 amide bonds. The number of H-pyrrole nitrogens is 1. The lowest BCUT2D eigenvalue weighted by molar-refractivity contribution is 0.131. The molecule has 3 aromatic rings. The van der Waals surface area contributed by atoms with Crippen molar-refractivity contribution in [3.63, 3.8) is 0 Å². The van der Waals surface area contributed by atoms with Gasteiger partial charge in [0.15, 0.2) is 0 Å². The Balaban J connectivity index is 1.86. The van der Waals surface area contributed by atoms with Gasteiger partial charge in [-0.25, -0.2) is 0 Å². The van der Waals surface area contributed by atoms with E-state index in [1.807, 2.05) is 6.07 Å². The zero-order chi connectivity index (χ0) is 18.2. The molecule has 0 unspecified atom stereocenters. The lowest BCUT2D eigenvalue weighted by atomic mass is 9.88. The van der Waals surface area contributed by atoms with Gasteiger partial charge in [-0.15, -0.1) is 0 Å². The molecule has 2 aromatic carbocycles. The molecule has 0 spiro atoms. The quantitative estimate of drug-likeness (QED) is 0.573. The van der Waals surface area contributed by atoms with Gasteiger partial charge in [-0.3, -0.25) is 0 Å². The molecule has 0 radical (unpaired) electrons. The van der Waals surface area contributed by atoms with Crippen molar-refractivity contribution in [1.29, 1.82) is 0 Å². The van der Waals surface area contributed by atoms with Crippen LogP contribution in [0, 0.1) is 5.41 Å². The van der Waals surface area contributed by atoms with Crippen molar-refractivity contribution in [3.05, 3.63) is 54.1 Å². The Morgan fingerprint density at radius 1 is 0.840 bits per heavy atom. The molecule has 0 atom stereocenters. The maximum atomic E-state index is 5.97. The number of hydrogen-bond acceptors (Lipinski definition) is 1. The third-order valence-electron chi connectivity index (χ3n) is 4.02. The lowest BCUT2D eigenvalue weighted by Crippen LogP contribution is -2.22. The Morgan fingerprint density at radius 3 is 2.12 bits per heavy atom. The molecule has 2 nitrogen and oxygen atoms in total. The van der Waals surface area contributed by atoms with Crippen LogP contribution in [-0.4, -0.2) is 10.6 Å². The number of hydrogen-bond donors (Lipinski definition) is 1. The molecule has 25 heavy (non-hydrogen) atoms. The number of nitrogens with one attached hydrogen (secondary N) is 1. The molecule has 132 valence electrons. The van der Waals surface area contributed by atoms with Crippen LogP contribution in [0.15, 0.2) is 48.5 Å². The number of aromatic nitrogens is 1. The van der Waals surface area contributed by atoms with Crippen LogP contribution in [0.5, 0.6) is 5.75 Å². The van der Waals surface area contributed by atoms with Crippen LogP contribution in [0.4, 0.5) is 0 Å². The predicted octanol–water partition coefficient (Wildman–Crippen LogP) is 6.60. The Morgan fingerprint density at radius 2 is 1.52 bits per heavy atom. The summed E-state index contributed by atoms with van der Waals surface area (Å²) in [6.07, 6.45) is 1.09. The second-order valence-corrected chi connectivity index (χ2v) is 9.08. The van der Waals surface area contributed by atoms with Crippen molar-refractivity contribution in [2.24, 2.45) is 5.41 Å². The molecular formula is C23H29NO. The molecule has 1 N–H and O–H groups in total. The van der Waals surface area contributed by atoms with Gasteiger partial charge in [0.1, 0.15) is 11.4 Å². The van der Waals surface area contributed by atoms with E-state index in [1.54, 1.807) is 0 Å². The van der Waals surface area contributed by atoms with Crippen molar-refractivity contribution in [2.75, 3.05) is 0 Å². The van der Waals surface area contributed by atoms with E-state index in [2.05, 4.69) is 89.0 Å². The van der Waals surface area contributed by atoms with E-state index >= 15 is 0 Å². The van der Waals surface area contributed by atoms with Gasteiger partial charge in [0.2, 0.25) is 0 Å². The number of rotatable bonds is 3. The summed E-state index contributed by atoms with van der Waals surface area (Å²) >= 11 is 0. The highest BCUT2D eigenvalue weighted by atomic mass is 16.5. The average molecular weight is 335 g/mol. The Kier molecular flexibility index (Phi) is 4.40. The number of ether oxygens (including phenoxy) is 1. The highest BCUT2D eigenvalue weighted by Crippen LogP contribution is 2.29. The number of benzene rings is 2. The highest BCUT2D eigenvalue weighted by molar-refractivity contribution is 5.87. The Labute approximate surface area is 151 Å². The molecule has 2 heteroatoms. The molecule has 0 saturated carbocycles. The number of fused-ring (bicyclic) bond motifs is 1. The van der Waals surface area contributed by atoms with E-state index < -0.39 is 0 Å². The molecule has 1 heterocycles. The fourth-order valence-corrected chi connectivity index (χ4v) is 3.10. The number of aromatic amines is 1. The van der Waals surface area contributed by atoms with Gasteiger partial charge < -0.3 is 9.72 Å². The zero-order valence-electron chi connectivity index (χ0n) is 16.2. The molecule has 0 fully saturated rings. The zero-order valence-corrected chi connectivity index (χ0v) is 16.2. The van der Waals surface area contributed by atoms with Gasteiger partial charge in [-0.2, -0.15) is 0 Å². The van der Waals surface area contributed by atoms with E-state index in [-0.39, 0.29) is 5.60 Å². The minimum Gasteiger partial charge on any atom is -0.488 e. The smallest absolute Gasteiger partial charge is 0.120 e. The minimum absolute atomic E-state index is 0.185. The lowest BCUT2D eigenvalue weighted by Gasteiger charge is -2.21. The van der Waals surface area contributed by atoms with E-state index in [0.29, 0.717) is 5.41 Å². The molecule has 1 aromatic heterocycles. The largest absolute Gasteiger partial charge is 0.488 e. The fourth-order valence-electron chi connectivity index (χ4n) is 3.10. The van der Waals surface area contributed by atoms with Crippen LogP contribution in [0.3, 0.4) is 0 Å². The topological polar surface area (TPSA) is 25.0 Å². The predicted molar refractivity (Wildman–Crippen MR) is 107 cm³/mol. The Hall–Kier alpha value is -2.22. The fraction of sp³-hybridized carbons (Fsp3) is 0.391. The third-order valence-corrected chi connectivity index (χ3v) is 4.02.